The Kier molecular flexibility index (Phi) is 7.43. The summed E-state index contributed by atoms with van der Waals surface area (Å²) in [5.74, 6) is 0.549. The lowest BCUT2D eigenvalue weighted by Crippen LogP contribution is -2.39. The van der Waals surface area contributed by atoms with Gasteiger partial charge in [-0.3, -0.25) is 4.98 Å². The molecule has 2 atom stereocenters. The zero-order valence-corrected chi connectivity index (χ0v) is 17.0. The van der Waals surface area contributed by atoms with Crippen LogP contribution in [0.25, 0.3) is 0 Å². The summed E-state index contributed by atoms with van der Waals surface area (Å²) in [6.07, 6.45) is 2.59. The fraction of sp³-hybridized carbons (Fsp3) is 0.333. The van der Waals surface area contributed by atoms with Crippen LogP contribution in [-0.4, -0.2) is 23.5 Å². The summed E-state index contributed by atoms with van der Waals surface area (Å²) in [5.41, 5.74) is 1.50. The van der Waals surface area contributed by atoms with Crippen LogP contribution >= 0.6 is 35.6 Å². The fourth-order valence-corrected chi connectivity index (χ4v) is 2.99. The highest BCUT2D eigenvalue weighted by Crippen LogP contribution is 2.44. The number of nitrogens with zero attached hydrogens (tertiary/aromatic N) is 2. The number of benzene rings is 1. The van der Waals surface area contributed by atoms with Crippen LogP contribution in [-0.2, 0) is 6.54 Å². The summed E-state index contributed by atoms with van der Waals surface area (Å²) in [6, 6.07) is 10.7. The van der Waals surface area contributed by atoms with Crippen molar-refractivity contribution >= 4 is 41.5 Å². The molecule has 0 aliphatic heterocycles. The highest BCUT2D eigenvalue weighted by Gasteiger charge is 2.41. The second-order valence-corrected chi connectivity index (χ2v) is 6.15. The average molecular weight is 475 g/mol. The Hall–Kier alpha value is -1.41. The number of guanidine groups is 1. The molecule has 0 saturated heterocycles. The van der Waals surface area contributed by atoms with Gasteiger partial charge in [0.2, 0.25) is 0 Å². The molecule has 0 bridgehead atoms. The van der Waals surface area contributed by atoms with Gasteiger partial charge >= 0.3 is 0 Å². The molecule has 1 aromatic carbocycles. The summed E-state index contributed by atoms with van der Waals surface area (Å²) >= 11 is 6.15. The number of hydrogen-bond donors (Lipinski definition) is 2. The monoisotopic (exact) mass is 474 g/mol. The van der Waals surface area contributed by atoms with E-state index in [-0.39, 0.29) is 41.8 Å². The molecule has 1 fully saturated rings. The second kappa shape index (κ2) is 9.33. The molecular weight excluding hydrogens is 454 g/mol. The normalized spacial score (nSPS) is 19.1. The standard InChI is InChI=1S/C18H20ClFN4.HI/c1-2-21-18(23-11-12-6-3-4-9-22-12)24-16-10-13(16)17-14(19)7-5-8-15(17)20;/h3-9,13,16H,2,10-11H2,1H3,(H2,21,23,24);1H. The Bertz CT molecular complexity index is 706. The van der Waals surface area contributed by atoms with E-state index in [0.717, 1.165) is 18.7 Å². The molecule has 25 heavy (non-hydrogen) atoms. The Morgan fingerprint density at radius 1 is 1.32 bits per heavy atom. The quantitative estimate of drug-likeness (QED) is 0.390. The van der Waals surface area contributed by atoms with E-state index in [0.29, 0.717) is 23.1 Å². The van der Waals surface area contributed by atoms with Crippen molar-refractivity contribution in [2.45, 2.75) is 31.8 Å². The van der Waals surface area contributed by atoms with Gasteiger partial charge in [-0.1, -0.05) is 23.7 Å². The predicted molar refractivity (Wildman–Crippen MR) is 110 cm³/mol. The molecule has 0 spiro atoms. The van der Waals surface area contributed by atoms with E-state index in [1.54, 1.807) is 18.3 Å². The van der Waals surface area contributed by atoms with Gasteiger partial charge in [-0.15, -0.1) is 24.0 Å². The molecule has 3 rings (SSSR count). The minimum Gasteiger partial charge on any atom is -0.357 e. The number of halogens is 3. The maximum atomic E-state index is 14.0. The Labute approximate surface area is 169 Å². The Morgan fingerprint density at radius 3 is 2.84 bits per heavy atom. The van der Waals surface area contributed by atoms with Gasteiger partial charge in [-0.2, -0.15) is 0 Å². The Balaban J connectivity index is 0.00000225. The predicted octanol–water partition coefficient (Wildman–Crippen LogP) is 4.10. The largest absolute Gasteiger partial charge is 0.357 e. The van der Waals surface area contributed by atoms with Crippen LogP contribution in [0.3, 0.4) is 0 Å². The molecule has 2 unspecified atom stereocenters. The summed E-state index contributed by atoms with van der Waals surface area (Å²) in [4.78, 5) is 8.80. The summed E-state index contributed by atoms with van der Waals surface area (Å²) in [5, 5.41) is 7.05. The van der Waals surface area contributed by atoms with E-state index in [1.807, 2.05) is 25.1 Å². The number of nitrogens with one attached hydrogen (secondary N) is 2. The van der Waals surface area contributed by atoms with Crippen molar-refractivity contribution in [3.05, 3.63) is 64.7 Å². The highest BCUT2D eigenvalue weighted by molar-refractivity contribution is 14.0. The summed E-state index contributed by atoms with van der Waals surface area (Å²) in [6.45, 7) is 3.26. The first kappa shape index (κ1) is 19.9. The van der Waals surface area contributed by atoms with Crippen LogP contribution in [0, 0.1) is 5.82 Å². The van der Waals surface area contributed by atoms with Gasteiger partial charge in [-0.05, 0) is 37.6 Å². The zero-order valence-electron chi connectivity index (χ0n) is 13.9. The van der Waals surface area contributed by atoms with Crippen molar-refractivity contribution in [2.24, 2.45) is 4.99 Å². The third-order valence-electron chi connectivity index (χ3n) is 3.95. The molecule has 2 aromatic rings. The second-order valence-electron chi connectivity index (χ2n) is 5.74. The van der Waals surface area contributed by atoms with Crippen LogP contribution < -0.4 is 10.6 Å². The van der Waals surface area contributed by atoms with E-state index < -0.39 is 0 Å². The molecule has 1 aliphatic carbocycles. The van der Waals surface area contributed by atoms with Crippen molar-refractivity contribution in [2.75, 3.05) is 6.54 Å². The van der Waals surface area contributed by atoms with Crippen LogP contribution in [0.5, 0.6) is 0 Å². The number of aromatic nitrogens is 1. The highest BCUT2D eigenvalue weighted by atomic mass is 127. The van der Waals surface area contributed by atoms with E-state index in [1.165, 1.54) is 6.07 Å². The van der Waals surface area contributed by atoms with Crippen molar-refractivity contribution in [1.82, 2.24) is 15.6 Å². The van der Waals surface area contributed by atoms with Crippen molar-refractivity contribution < 1.29 is 4.39 Å². The lowest BCUT2D eigenvalue weighted by Gasteiger charge is -2.12. The van der Waals surface area contributed by atoms with E-state index >= 15 is 0 Å². The van der Waals surface area contributed by atoms with Gasteiger partial charge in [0.1, 0.15) is 5.82 Å². The summed E-state index contributed by atoms with van der Waals surface area (Å²) in [7, 11) is 0. The van der Waals surface area contributed by atoms with E-state index in [4.69, 9.17) is 11.6 Å². The lowest BCUT2D eigenvalue weighted by atomic mass is 10.1. The maximum Gasteiger partial charge on any atom is 0.191 e. The first-order valence-electron chi connectivity index (χ1n) is 8.07. The molecule has 1 aliphatic rings. The Morgan fingerprint density at radius 2 is 2.16 bits per heavy atom. The van der Waals surface area contributed by atoms with Crippen LogP contribution in [0.2, 0.25) is 5.02 Å². The molecule has 134 valence electrons. The van der Waals surface area contributed by atoms with Crippen LogP contribution in [0.4, 0.5) is 4.39 Å². The van der Waals surface area contributed by atoms with Gasteiger partial charge < -0.3 is 10.6 Å². The number of aliphatic imine (C=N–C) groups is 1. The minimum atomic E-state index is -0.243. The number of pyridine rings is 1. The molecule has 1 aromatic heterocycles. The molecule has 1 saturated carbocycles. The third kappa shape index (κ3) is 5.28. The van der Waals surface area contributed by atoms with Crippen molar-refractivity contribution in [3.8, 4) is 0 Å². The molecule has 0 amide bonds. The zero-order chi connectivity index (χ0) is 16.9. The molecule has 2 N–H and O–H groups in total. The van der Waals surface area contributed by atoms with Crippen molar-refractivity contribution in [1.29, 1.82) is 0 Å². The molecule has 0 radical (unpaired) electrons. The molecule has 7 heteroatoms. The topological polar surface area (TPSA) is 49.3 Å². The molecular formula is C18H21ClFIN4. The lowest BCUT2D eigenvalue weighted by molar-refractivity contribution is 0.608. The van der Waals surface area contributed by atoms with Gasteiger partial charge in [0.25, 0.3) is 0 Å². The smallest absolute Gasteiger partial charge is 0.191 e. The van der Waals surface area contributed by atoms with Crippen LogP contribution in [0.1, 0.15) is 30.5 Å². The number of hydrogen-bond acceptors (Lipinski definition) is 2. The minimum absolute atomic E-state index is 0. The third-order valence-corrected chi connectivity index (χ3v) is 4.28. The molecule has 1 heterocycles. The van der Waals surface area contributed by atoms with Gasteiger partial charge in [0, 0.05) is 35.3 Å². The summed E-state index contributed by atoms with van der Waals surface area (Å²) < 4.78 is 14.0. The molecule has 4 nitrogen and oxygen atoms in total. The fourth-order valence-electron chi connectivity index (χ4n) is 2.69. The van der Waals surface area contributed by atoms with Crippen LogP contribution in [0.15, 0.2) is 47.6 Å². The SMILES string of the molecule is CCNC(=NCc1ccccn1)NC1CC1c1c(F)cccc1Cl.I. The van der Waals surface area contributed by atoms with E-state index in [9.17, 15) is 4.39 Å². The van der Waals surface area contributed by atoms with Gasteiger partial charge in [-0.25, -0.2) is 9.38 Å². The van der Waals surface area contributed by atoms with E-state index in [2.05, 4.69) is 20.6 Å². The van der Waals surface area contributed by atoms with Gasteiger partial charge in [0.05, 0.1) is 12.2 Å². The average Bonchev–Trinajstić information content (AvgIpc) is 3.32. The maximum absolute atomic E-state index is 14.0. The van der Waals surface area contributed by atoms with Gasteiger partial charge in [0.15, 0.2) is 5.96 Å². The van der Waals surface area contributed by atoms with Crippen molar-refractivity contribution in [3.63, 3.8) is 0 Å². The number of rotatable bonds is 5. The first-order valence-corrected chi connectivity index (χ1v) is 8.45. The first-order chi connectivity index (χ1) is 11.7.